The van der Waals surface area contributed by atoms with E-state index in [1.165, 1.54) is 0 Å². The van der Waals surface area contributed by atoms with E-state index < -0.39 is 30.8 Å². The van der Waals surface area contributed by atoms with Gasteiger partial charge in [0.15, 0.2) is 0 Å². The van der Waals surface area contributed by atoms with Crippen molar-refractivity contribution in [3.63, 3.8) is 0 Å². The van der Waals surface area contributed by atoms with E-state index in [0.717, 1.165) is 16.7 Å². The molecule has 1 N–H and O–H groups in total. The predicted molar refractivity (Wildman–Crippen MR) is 61.4 cm³/mol. The smallest absolute Gasteiger partial charge is 0.367 e. The van der Waals surface area contributed by atoms with Crippen molar-refractivity contribution in [2.45, 2.75) is 19.3 Å². The van der Waals surface area contributed by atoms with Crippen LogP contribution in [0.4, 0.5) is 17.6 Å². The first-order chi connectivity index (χ1) is 9.27. The number of esters is 1. The van der Waals surface area contributed by atoms with Crippen LogP contribution in [0.25, 0.3) is 0 Å². The quantitative estimate of drug-likeness (QED) is 0.644. The van der Waals surface area contributed by atoms with E-state index >= 15 is 0 Å². The largest absolute Gasteiger partial charge is 0.461 e. The number of nitrogens with zero attached hydrogens (tertiary/aromatic N) is 1. The summed E-state index contributed by atoms with van der Waals surface area (Å²) in [6.07, 6.45) is -3.88. The van der Waals surface area contributed by atoms with Crippen molar-refractivity contribution in [3.05, 3.63) is 16.1 Å². The lowest BCUT2D eigenvalue weighted by Gasteiger charge is -2.15. The third-order valence-electron chi connectivity index (χ3n) is 1.99. The highest BCUT2D eigenvalue weighted by Gasteiger charge is 2.41. The lowest BCUT2D eigenvalue weighted by molar-refractivity contribution is -0.123. The number of halogens is 4. The van der Waals surface area contributed by atoms with Gasteiger partial charge in [0.05, 0.1) is 13.2 Å². The second-order valence-electron chi connectivity index (χ2n) is 3.50. The Hall–Kier alpha value is -1.71. The summed E-state index contributed by atoms with van der Waals surface area (Å²) in [4.78, 5) is 26.2. The van der Waals surface area contributed by atoms with E-state index in [-0.39, 0.29) is 17.3 Å². The van der Waals surface area contributed by atoms with Gasteiger partial charge in [0.2, 0.25) is 5.01 Å². The van der Waals surface area contributed by atoms with E-state index in [9.17, 15) is 27.2 Å². The minimum absolute atomic E-state index is 0.112. The van der Waals surface area contributed by atoms with Crippen molar-refractivity contribution < 1.29 is 31.9 Å². The van der Waals surface area contributed by atoms with Gasteiger partial charge in [-0.05, 0) is 6.92 Å². The molecule has 0 aliphatic rings. The third-order valence-corrected chi connectivity index (χ3v) is 2.81. The van der Waals surface area contributed by atoms with Gasteiger partial charge in [0.1, 0.15) is 5.69 Å². The van der Waals surface area contributed by atoms with E-state index in [0.29, 0.717) is 0 Å². The predicted octanol–water partition coefficient (Wildman–Crippen LogP) is 1.95. The molecule has 0 saturated carbocycles. The first-order valence-corrected chi connectivity index (χ1v) is 6.22. The van der Waals surface area contributed by atoms with Crippen LogP contribution in [0, 0.1) is 0 Å². The normalized spacial score (nSPS) is 11.5. The van der Waals surface area contributed by atoms with Crippen LogP contribution in [0.2, 0.25) is 0 Å². The minimum atomic E-state index is -4.32. The van der Waals surface area contributed by atoms with E-state index in [2.05, 4.69) is 9.72 Å². The van der Waals surface area contributed by atoms with Crippen LogP contribution in [0.1, 0.15) is 27.2 Å². The van der Waals surface area contributed by atoms with Gasteiger partial charge < -0.3 is 10.1 Å². The lowest BCUT2D eigenvalue weighted by Crippen LogP contribution is -2.41. The Kier molecular flexibility index (Phi) is 5.43. The molecule has 1 amide bonds. The zero-order valence-corrected chi connectivity index (χ0v) is 11.0. The van der Waals surface area contributed by atoms with Crippen LogP contribution in [-0.4, -0.2) is 42.4 Å². The topological polar surface area (TPSA) is 68.3 Å². The molecule has 20 heavy (non-hydrogen) atoms. The molecule has 1 aromatic rings. The zero-order chi connectivity index (χ0) is 15.3. The number of hydrogen-bond donors (Lipinski definition) is 1. The molecule has 1 aromatic heterocycles. The average Bonchev–Trinajstić information content (AvgIpc) is 2.85. The molecule has 0 fully saturated rings. The summed E-state index contributed by atoms with van der Waals surface area (Å²) in [6, 6.07) is 0. The number of nitrogens with one attached hydrogen (secondary N) is 1. The van der Waals surface area contributed by atoms with Crippen LogP contribution in [0.5, 0.6) is 0 Å². The number of ether oxygens (including phenoxy) is 1. The summed E-state index contributed by atoms with van der Waals surface area (Å²) in [5.41, 5.74) is -0.317. The lowest BCUT2D eigenvalue weighted by atomic mass is 10.3. The number of hydrogen-bond acceptors (Lipinski definition) is 5. The van der Waals surface area contributed by atoms with Gasteiger partial charge >= 0.3 is 18.3 Å². The summed E-state index contributed by atoms with van der Waals surface area (Å²) in [5, 5.41) is 2.64. The third kappa shape index (κ3) is 4.15. The van der Waals surface area contributed by atoms with E-state index in [1.807, 2.05) is 0 Å². The monoisotopic (exact) mass is 314 g/mol. The number of aromatic nitrogens is 1. The molecule has 1 heterocycles. The highest BCUT2D eigenvalue weighted by Crippen LogP contribution is 2.21. The van der Waals surface area contributed by atoms with Gasteiger partial charge in [0.25, 0.3) is 5.91 Å². The van der Waals surface area contributed by atoms with Gasteiger partial charge in [-0.2, -0.15) is 8.78 Å². The summed E-state index contributed by atoms with van der Waals surface area (Å²) < 4.78 is 53.6. The molecule has 0 saturated heterocycles. The summed E-state index contributed by atoms with van der Waals surface area (Å²) >= 11 is 0.783. The molecule has 5 nitrogen and oxygen atoms in total. The van der Waals surface area contributed by atoms with Crippen LogP contribution < -0.4 is 5.32 Å². The Morgan fingerprint density at radius 1 is 1.50 bits per heavy atom. The molecule has 0 atom stereocenters. The number of alkyl halides is 4. The Morgan fingerprint density at radius 2 is 2.15 bits per heavy atom. The molecule has 0 radical (unpaired) electrons. The fourth-order valence-corrected chi connectivity index (χ4v) is 1.72. The second kappa shape index (κ2) is 6.64. The van der Waals surface area contributed by atoms with Crippen molar-refractivity contribution in [2.75, 3.05) is 13.2 Å². The molecule has 112 valence electrons. The highest BCUT2D eigenvalue weighted by atomic mass is 32.1. The molecule has 0 aliphatic heterocycles. The molecule has 0 aliphatic carbocycles. The van der Waals surface area contributed by atoms with Crippen molar-refractivity contribution in [1.29, 1.82) is 0 Å². The van der Waals surface area contributed by atoms with Crippen LogP contribution in [-0.2, 0) is 4.74 Å². The number of thiazole rings is 1. The van der Waals surface area contributed by atoms with Crippen molar-refractivity contribution in [3.8, 4) is 0 Å². The fraction of sp³-hybridized carbons (Fsp3) is 0.500. The van der Waals surface area contributed by atoms with Gasteiger partial charge in [-0.15, -0.1) is 11.3 Å². The first-order valence-electron chi connectivity index (χ1n) is 5.34. The van der Waals surface area contributed by atoms with Crippen molar-refractivity contribution in [1.82, 2.24) is 10.3 Å². The summed E-state index contributed by atoms with van der Waals surface area (Å²) in [6.45, 7) is 0.169. The number of carbonyl (C=O) groups is 2. The van der Waals surface area contributed by atoms with Gasteiger partial charge in [-0.1, -0.05) is 0 Å². The minimum Gasteiger partial charge on any atom is -0.461 e. The zero-order valence-electron chi connectivity index (χ0n) is 10.2. The van der Waals surface area contributed by atoms with Gasteiger partial charge in [-0.3, -0.25) is 4.79 Å². The first kappa shape index (κ1) is 16.3. The molecule has 1 rings (SSSR count). The van der Waals surface area contributed by atoms with E-state index in [1.54, 1.807) is 12.2 Å². The van der Waals surface area contributed by atoms with Gasteiger partial charge in [-0.25, -0.2) is 18.6 Å². The van der Waals surface area contributed by atoms with E-state index in [4.69, 9.17) is 0 Å². The highest BCUT2D eigenvalue weighted by molar-refractivity contribution is 7.11. The SMILES string of the molecule is CCOC(=O)c1nc(C(=O)NCC(F)(F)C(F)F)cs1. The average molecular weight is 314 g/mol. The molecule has 10 heteroatoms. The van der Waals surface area contributed by atoms with Crippen LogP contribution >= 0.6 is 11.3 Å². The molecule has 0 spiro atoms. The maximum Gasteiger partial charge on any atom is 0.367 e. The summed E-state index contributed by atoms with van der Waals surface area (Å²) in [7, 11) is 0. The molecule has 0 unspecified atom stereocenters. The van der Waals surface area contributed by atoms with Gasteiger partial charge in [0, 0.05) is 5.38 Å². The Labute approximate surface area is 114 Å². The van der Waals surface area contributed by atoms with Crippen LogP contribution in [0.3, 0.4) is 0 Å². The maximum atomic E-state index is 12.6. The fourth-order valence-electron chi connectivity index (χ4n) is 1.03. The molecule has 0 aromatic carbocycles. The Morgan fingerprint density at radius 3 is 2.70 bits per heavy atom. The number of carbonyl (C=O) groups excluding carboxylic acids is 2. The molecular formula is C10H10F4N2O3S. The van der Waals surface area contributed by atoms with Crippen molar-refractivity contribution in [2.24, 2.45) is 0 Å². The van der Waals surface area contributed by atoms with Crippen molar-refractivity contribution >= 4 is 23.2 Å². The summed E-state index contributed by atoms with van der Waals surface area (Å²) in [5.74, 6) is -6.15. The Balaban J connectivity index is 2.63. The number of amides is 1. The van der Waals surface area contributed by atoms with Crippen LogP contribution in [0.15, 0.2) is 5.38 Å². The maximum absolute atomic E-state index is 12.6. The molecular weight excluding hydrogens is 304 g/mol. The number of rotatable bonds is 6. The Bertz CT molecular complexity index is 493. The molecule has 0 bridgehead atoms. The second-order valence-corrected chi connectivity index (χ2v) is 4.36. The standard InChI is InChI=1S/C10H10F4N2O3S/c1-2-19-8(18)7-16-5(3-20-7)6(17)15-4-10(13,14)9(11)12/h3,9H,2,4H2,1H3,(H,15,17).